The molecular formula is C17H22N2. The topological polar surface area (TPSA) is 24.9 Å². The Hall–Kier alpha value is -1.67. The summed E-state index contributed by atoms with van der Waals surface area (Å²) in [4.78, 5) is 4.07. The van der Waals surface area contributed by atoms with Crippen LogP contribution >= 0.6 is 0 Å². The average Bonchev–Trinajstić information content (AvgIpc) is 2.44. The molecule has 100 valence electrons. The molecule has 0 atom stereocenters. The summed E-state index contributed by atoms with van der Waals surface area (Å²) in [5, 5.41) is 3.45. The smallest absolute Gasteiger partial charge is 0.0270 e. The predicted octanol–water partition coefficient (Wildman–Crippen LogP) is 3.48. The van der Waals surface area contributed by atoms with E-state index in [1.165, 1.54) is 28.7 Å². The summed E-state index contributed by atoms with van der Waals surface area (Å²) < 4.78 is 0. The molecule has 0 unspecified atom stereocenters. The Morgan fingerprint density at radius 3 is 2.58 bits per heavy atom. The molecule has 0 aliphatic heterocycles. The van der Waals surface area contributed by atoms with E-state index in [9.17, 15) is 0 Å². The van der Waals surface area contributed by atoms with Gasteiger partial charge < -0.3 is 5.32 Å². The van der Waals surface area contributed by atoms with Crippen LogP contribution in [-0.4, -0.2) is 11.5 Å². The van der Waals surface area contributed by atoms with E-state index in [-0.39, 0.29) is 0 Å². The number of nitrogens with zero attached hydrogens (tertiary/aromatic N) is 1. The van der Waals surface area contributed by atoms with Crippen LogP contribution in [0, 0.1) is 6.92 Å². The monoisotopic (exact) mass is 254 g/mol. The Bertz CT molecular complexity index is 506. The van der Waals surface area contributed by atoms with E-state index in [2.05, 4.69) is 54.5 Å². The summed E-state index contributed by atoms with van der Waals surface area (Å²) in [6.07, 6.45) is 5.88. The number of nitrogens with one attached hydrogen (secondary N) is 1. The van der Waals surface area contributed by atoms with Gasteiger partial charge in [0.25, 0.3) is 0 Å². The van der Waals surface area contributed by atoms with E-state index in [1.807, 2.05) is 12.4 Å². The number of pyridine rings is 1. The summed E-state index contributed by atoms with van der Waals surface area (Å²) >= 11 is 0. The van der Waals surface area contributed by atoms with E-state index in [4.69, 9.17) is 0 Å². The fraction of sp³-hybridized carbons (Fsp3) is 0.353. The molecule has 0 aliphatic rings. The third kappa shape index (κ3) is 4.18. The Kier molecular flexibility index (Phi) is 5.10. The van der Waals surface area contributed by atoms with Crippen LogP contribution in [0.15, 0.2) is 42.7 Å². The molecule has 0 spiro atoms. The second kappa shape index (κ2) is 7.05. The minimum absolute atomic E-state index is 0.956. The number of hydrogen-bond donors (Lipinski definition) is 1. The normalized spacial score (nSPS) is 10.6. The van der Waals surface area contributed by atoms with Crippen molar-refractivity contribution in [2.75, 3.05) is 6.54 Å². The molecule has 1 N–H and O–H groups in total. The molecule has 0 saturated carbocycles. The van der Waals surface area contributed by atoms with E-state index >= 15 is 0 Å². The van der Waals surface area contributed by atoms with Gasteiger partial charge in [0, 0.05) is 18.9 Å². The summed E-state index contributed by atoms with van der Waals surface area (Å²) in [5.41, 5.74) is 5.44. The highest BCUT2D eigenvalue weighted by molar-refractivity contribution is 5.35. The van der Waals surface area contributed by atoms with Crippen LogP contribution in [0.1, 0.15) is 35.6 Å². The van der Waals surface area contributed by atoms with Crippen LogP contribution in [0.4, 0.5) is 0 Å². The maximum absolute atomic E-state index is 4.07. The van der Waals surface area contributed by atoms with Crippen molar-refractivity contribution < 1.29 is 0 Å². The molecule has 0 bridgehead atoms. The van der Waals surface area contributed by atoms with Crippen molar-refractivity contribution in [1.82, 2.24) is 10.3 Å². The molecular weight excluding hydrogens is 232 g/mol. The second-order valence-electron chi connectivity index (χ2n) is 4.97. The molecule has 2 aromatic rings. The number of aromatic nitrogens is 1. The maximum Gasteiger partial charge on any atom is 0.0270 e. The molecule has 2 rings (SSSR count). The molecule has 0 aliphatic carbocycles. The SMILES string of the molecule is CCCNCc1ccc(C)c(Cc2ccncc2)c1. The van der Waals surface area contributed by atoms with Gasteiger partial charge in [-0.15, -0.1) is 0 Å². The summed E-state index contributed by atoms with van der Waals surface area (Å²) in [5.74, 6) is 0. The molecule has 0 saturated heterocycles. The number of hydrogen-bond acceptors (Lipinski definition) is 2. The zero-order valence-electron chi connectivity index (χ0n) is 11.8. The molecule has 2 heteroatoms. The highest BCUT2D eigenvalue weighted by atomic mass is 14.8. The van der Waals surface area contributed by atoms with E-state index in [1.54, 1.807) is 0 Å². The van der Waals surface area contributed by atoms with Gasteiger partial charge in [-0.3, -0.25) is 4.98 Å². The minimum atomic E-state index is 0.956. The van der Waals surface area contributed by atoms with Crippen LogP contribution < -0.4 is 5.32 Å². The molecule has 0 radical (unpaired) electrons. The van der Waals surface area contributed by atoms with Gasteiger partial charge in [0.05, 0.1) is 0 Å². The first-order valence-electron chi connectivity index (χ1n) is 6.97. The zero-order chi connectivity index (χ0) is 13.5. The zero-order valence-corrected chi connectivity index (χ0v) is 11.8. The number of aryl methyl sites for hydroxylation is 1. The van der Waals surface area contributed by atoms with Gasteiger partial charge in [-0.2, -0.15) is 0 Å². The van der Waals surface area contributed by atoms with Crippen molar-refractivity contribution >= 4 is 0 Å². The van der Waals surface area contributed by atoms with E-state index < -0.39 is 0 Å². The van der Waals surface area contributed by atoms with E-state index in [0.29, 0.717) is 0 Å². The summed E-state index contributed by atoms with van der Waals surface area (Å²) in [7, 11) is 0. The third-order valence-electron chi connectivity index (χ3n) is 3.31. The van der Waals surface area contributed by atoms with Gasteiger partial charge in [0.15, 0.2) is 0 Å². The van der Waals surface area contributed by atoms with Crippen molar-refractivity contribution in [3.63, 3.8) is 0 Å². The lowest BCUT2D eigenvalue weighted by Gasteiger charge is -2.10. The first-order chi connectivity index (χ1) is 9.29. The average molecular weight is 254 g/mol. The van der Waals surface area contributed by atoms with Crippen molar-refractivity contribution in [1.29, 1.82) is 0 Å². The first kappa shape index (κ1) is 13.8. The van der Waals surface area contributed by atoms with Crippen LogP contribution in [-0.2, 0) is 13.0 Å². The highest BCUT2D eigenvalue weighted by Crippen LogP contribution is 2.15. The fourth-order valence-corrected chi connectivity index (χ4v) is 2.16. The van der Waals surface area contributed by atoms with Gasteiger partial charge >= 0.3 is 0 Å². The Morgan fingerprint density at radius 2 is 1.84 bits per heavy atom. The van der Waals surface area contributed by atoms with Crippen molar-refractivity contribution in [3.05, 3.63) is 65.0 Å². The lowest BCUT2D eigenvalue weighted by Crippen LogP contribution is -2.14. The standard InChI is InChI=1S/C17H22N2/c1-3-8-19-13-16-5-4-14(2)17(12-16)11-15-6-9-18-10-7-15/h4-7,9-10,12,19H,3,8,11,13H2,1-2H3. The van der Waals surface area contributed by atoms with Crippen molar-refractivity contribution in [3.8, 4) is 0 Å². The van der Waals surface area contributed by atoms with E-state index in [0.717, 1.165) is 19.5 Å². The quantitative estimate of drug-likeness (QED) is 0.798. The van der Waals surface area contributed by atoms with Gasteiger partial charge in [-0.05, 0) is 60.7 Å². The molecule has 0 amide bonds. The molecule has 1 heterocycles. The van der Waals surface area contributed by atoms with Crippen LogP contribution in [0.3, 0.4) is 0 Å². The molecule has 0 fully saturated rings. The van der Waals surface area contributed by atoms with Gasteiger partial charge in [-0.1, -0.05) is 25.1 Å². The Morgan fingerprint density at radius 1 is 1.05 bits per heavy atom. The second-order valence-corrected chi connectivity index (χ2v) is 4.97. The summed E-state index contributed by atoms with van der Waals surface area (Å²) in [6.45, 7) is 6.40. The van der Waals surface area contributed by atoms with Crippen LogP contribution in [0.2, 0.25) is 0 Å². The van der Waals surface area contributed by atoms with Gasteiger partial charge in [0.2, 0.25) is 0 Å². The number of benzene rings is 1. The third-order valence-corrected chi connectivity index (χ3v) is 3.31. The fourth-order valence-electron chi connectivity index (χ4n) is 2.16. The Labute approximate surface area is 115 Å². The van der Waals surface area contributed by atoms with Gasteiger partial charge in [0.1, 0.15) is 0 Å². The van der Waals surface area contributed by atoms with Crippen molar-refractivity contribution in [2.24, 2.45) is 0 Å². The largest absolute Gasteiger partial charge is 0.313 e. The summed E-state index contributed by atoms with van der Waals surface area (Å²) in [6, 6.07) is 10.9. The highest BCUT2D eigenvalue weighted by Gasteiger charge is 2.02. The number of rotatable bonds is 6. The lowest BCUT2D eigenvalue weighted by molar-refractivity contribution is 0.675. The maximum atomic E-state index is 4.07. The predicted molar refractivity (Wildman–Crippen MR) is 80.2 cm³/mol. The first-order valence-corrected chi connectivity index (χ1v) is 6.97. The van der Waals surface area contributed by atoms with Crippen LogP contribution in [0.5, 0.6) is 0 Å². The van der Waals surface area contributed by atoms with Crippen molar-refractivity contribution in [2.45, 2.75) is 33.2 Å². The van der Waals surface area contributed by atoms with Gasteiger partial charge in [-0.25, -0.2) is 0 Å². The molecule has 1 aromatic carbocycles. The molecule has 19 heavy (non-hydrogen) atoms. The minimum Gasteiger partial charge on any atom is -0.313 e. The Balaban J connectivity index is 2.09. The lowest BCUT2D eigenvalue weighted by atomic mass is 9.99. The molecule has 2 nitrogen and oxygen atoms in total. The van der Waals surface area contributed by atoms with Crippen LogP contribution in [0.25, 0.3) is 0 Å². The molecule has 1 aromatic heterocycles.